The van der Waals surface area contributed by atoms with Gasteiger partial charge in [0.2, 0.25) is 0 Å². The Balaban J connectivity index is 1.58. The molecule has 1 saturated heterocycles. The lowest BCUT2D eigenvalue weighted by molar-refractivity contribution is -0.0511. The number of aromatic nitrogens is 4. The first-order valence-electron chi connectivity index (χ1n) is 10.4. The third-order valence-corrected chi connectivity index (χ3v) is 6.06. The van der Waals surface area contributed by atoms with Crippen molar-refractivity contribution >= 4 is 28.7 Å². The van der Waals surface area contributed by atoms with Crippen LogP contribution >= 0.6 is 11.8 Å². The first kappa shape index (κ1) is 22.7. The summed E-state index contributed by atoms with van der Waals surface area (Å²) in [5.74, 6) is 2.19. The summed E-state index contributed by atoms with van der Waals surface area (Å²) in [5.41, 5.74) is 2.18. The van der Waals surface area contributed by atoms with Crippen molar-refractivity contribution in [3.05, 3.63) is 36.2 Å². The smallest absolute Gasteiger partial charge is 0.191 e. The van der Waals surface area contributed by atoms with E-state index >= 15 is 0 Å². The number of nitrogens with one attached hydrogen (secondary N) is 1. The zero-order valence-electron chi connectivity index (χ0n) is 17.9. The van der Waals surface area contributed by atoms with E-state index in [-0.39, 0.29) is 0 Å². The van der Waals surface area contributed by atoms with Gasteiger partial charge >= 0.3 is 0 Å². The van der Waals surface area contributed by atoms with Gasteiger partial charge in [0, 0.05) is 6.54 Å². The first-order valence-corrected chi connectivity index (χ1v) is 11.4. The Hall–Kier alpha value is -2.44. The van der Waals surface area contributed by atoms with Crippen LogP contribution in [0, 0.1) is 0 Å². The summed E-state index contributed by atoms with van der Waals surface area (Å²) in [7, 11) is 1.64. The second kappa shape index (κ2) is 10.0. The molecule has 0 saturated carbocycles. The molecular formula is C21H27N5O5S. The highest BCUT2D eigenvalue weighted by Crippen LogP contribution is 2.33. The van der Waals surface area contributed by atoms with Gasteiger partial charge in [-0.25, -0.2) is 15.0 Å². The van der Waals surface area contributed by atoms with Crippen LogP contribution in [0.5, 0.6) is 5.75 Å². The Bertz CT molecular complexity index is 1050. The minimum Gasteiger partial charge on any atom is -0.497 e. The number of rotatable bonds is 9. The topological polar surface area (TPSA) is 135 Å². The molecule has 32 heavy (non-hydrogen) atoms. The molecule has 4 rings (SSSR count). The molecule has 11 heteroatoms. The van der Waals surface area contributed by atoms with Crippen molar-refractivity contribution in [2.45, 2.75) is 43.0 Å². The summed E-state index contributed by atoms with van der Waals surface area (Å²) < 4.78 is 12.4. The number of anilines is 1. The van der Waals surface area contributed by atoms with E-state index in [4.69, 9.17) is 9.47 Å². The molecule has 0 aliphatic carbocycles. The Morgan fingerprint density at radius 2 is 1.97 bits per heavy atom. The number of fused-ring (bicyclic) bond motifs is 1. The average Bonchev–Trinajstić information content (AvgIpc) is 3.35. The zero-order chi connectivity index (χ0) is 22.7. The summed E-state index contributed by atoms with van der Waals surface area (Å²) in [6.07, 6.45) is -1.91. The minimum absolute atomic E-state index is 0.397. The third kappa shape index (κ3) is 4.52. The maximum Gasteiger partial charge on any atom is 0.191 e. The number of benzene rings is 1. The number of hydrogen-bond donors (Lipinski definition) is 4. The fourth-order valence-electron chi connectivity index (χ4n) is 3.63. The number of hydrogen-bond acceptors (Lipinski definition) is 10. The number of imidazole rings is 1. The SMILES string of the molecule is CCSc1nc(NCCc2ccc(OC)cc2)c2ncn([C@@H]3O[C@H](CO)[C@@H](O)[C@H]3O)c2n1. The van der Waals surface area contributed by atoms with Gasteiger partial charge in [-0.15, -0.1) is 0 Å². The summed E-state index contributed by atoms with van der Waals surface area (Å²) >= 11 is 1.49. The van der Waals surface area contributed by atoms with Crippen LogP contribution in [0.25, 0.3) is 11.2 Å². The van der Waals surface area contributed by atoms with Crippen LogP contribution in [-0.2, 0) is 11.2 Å². The lowest BCUT2D eigenvalue weighted by atomic mass is 10.1. The normalized spacial score (nSPS) is 23.0. The van der Waals surface area contributed by atoms with E-state index < -0.39 is 31.1 Å². The van der Waals surface area contributed by atoms with E-state index in [2.05, 4.69) is 20.3 Å². The fraction of sp³-hybridized carbons (Fsp3) is 0.476. The standard InChI is InChI=1S/C21H27N5O5S/c1-3-32-21-24-18(22-9-8-12-4-6-13(30-2)7-5-12)15-19(25-21)26(11-23-15)20-17(29)16(28)14(10-27)31-20/h4-7,11,14,16-17,20,27-29H,3,8-10H2,1-2H3,(H,22,24,25)/t14-,16-,17-,20-/m1/s1. The Morgan fingerprint density at radius 1 is 1.19 bits per heavy atom. The molecule has 2 aromatic heterocycles. The molecule has 3 aromatic rings. The van der Waals surface area contributed by atoms with Gasteiger partial charge < -0.3 is 30.1 Å². The molecule has 1 aliphatic rings. The summed E-state index contributed by atoms with van der Waals surface area (Å²) in [6.45, 7) is 2.25. The molecular weight excluding hydrogens is 434 g/mol. The number of ether oxygens (including phenoxy) is 2. The van der Waals surface area contributed by atoms with E-state index in [1.807, 2.05) is 31.2 Å². The highest BCUT2D eigenvalue weighted by Gasteiger charge is 2.44. The van der Waals surface area contributed by atoms with Crippen LogP contribution in [0.4, 0.5) is 5.82 Å². The highest BCUT2D eigenvalue weighted by atomic mass is 32.2. The lowest BCUT2D eigenvalue weighted by Crippen LogP contribution is -2.33. The molecule has 4 atom stereocenters. The van der Waals surface area contributed by atoms with Gasteiger partial charge in [0.1, 0.15) is 24.1 Å². The molecule has 0 bridgehead atoms. The van der Waals surface area contributed by atoms with Gasteiger partial charge in [0.05, 0.1) is 20.0 Å². The minimum atomic E-state index is -1.21. The van der Waals surface area contributed by atoms with Crippen LogP contribution in [0.1, 0.15) is 18.7 Å². The predicted octanol–water partition coefficient (Wildman–Crippen LogP) is 1.21. The molecule has 10 nitrogen and oxygen atoms in total. The Morgan fingerprint density at radius 3 is 2.62 bits per heavy atom. The lowest BCUT2D eigenvalue weighted by Gasteiger charge is -2.17. The van der Waals surface area contributed by atoms with Gasteiger partial charge in [0.25, 0.3) is 0 Å². The van der Waals surface area contributed by atoms with E-state index in [0.29, 0.717) is 28.7 Å². The molecule has 1 aliphatic heterocycles. The second-order valence-electron chi connectivity index (χ2n) is 7.37. The number of nitrogens with zero attached hydrogens (tertiary/aromatic N) is 4. The maximum atomic E-state index is 10.4. The van der Waals surface area contributed by atoms with Crippen molar-refractivity contribution in [1.29, 1.82) is 0 Å². The molecule has 1 aromatic carbocycles. The zero-order valence-corrected chi connectivity index (χ0v) is 18.7. The summed E-state index contributed by atoms with van der Waals surface area (Å²) in [5, 5.41) is 33.9. The van der Waals surface area contributed by atoms with Gasteiger partial charge in [-0.3, -0.25) is 4.57 Å². The van der Waals surface area contributed by atoms with E-state index in [1.165, 1.54) is 18.1 Å². The molecule has 0 spiro atoms. The molecule has 0 unspecified atom stereocenters. The number of methoxy groups -OCH3 is 1. The van der Waals surface area contributed by atoms with Gasteiger partial charge in [-0.1, -0.05) is 30.8 Å². The van der Waals surface area contributed by atoms with E-state index in [1.54, 1.807) is 11.7 Å². The van der Waals surface area contributed by atoms with Crippen molar-refractivity contribution in [1.82, 2.24) is 19.5 Å². The van der Waals surface area contributed by atoms with Crippen LogP contribution in [0.2, 0.25) is 0 Å². The van der Waals surface area contributed by atoms with Crippen molar-refractivity contribution in [3.63, 3.8) is 0 Å². The molecule has 0 radical (unpaired) electrons. The Labute approximate surface area is 189 Å². The highest BCUT2D eigenvalue weighted by molar-refractivity contribution is 7.99. The quantitative estimate of drug-likeness (QED) is 0.272. The number of aliphatic hydroxyl groups excluding tert-OH is 3. The molecule has 4 N–H and O–H groups in total. The predicted molar refractivity (Wildman–Crippen MR) is 120 cm³/mol. The third-order valence-electron chi connectivity index (χ3n) is 5.33. The van der Waals surface area contributed by atoms with E-state index in [9.17, 15) is 15.3 Å². The van der Waals surface area contributed by atoms with Crippen LogP contribution < -0.4 is 10.1 Å². The number of thioether (sulfide) groups is 1. The maximum absolute atomic E-state index is 10.4. The molecule has 1 fully saturated rings. The van der Waals surface area contributed by atoms with Crippen molar-refractivity contribution in [3.8, 4) is 5.75 Å². The van der Waals surface area contributed by atoms with Crippen molar-refractivity contribution in [2.24, 2.45) is 0 Å². The molecule has 0 amide bonds. The Kier molecular flexibility index (Phi) is 7.11. The summed E-state index contributed by atoms with van der Waals surface area (Å²) in [6, 6.07) is 7.89. The molecule has 3 heterocycles. The monoisotopic (exact) mass is 461 g/mol. The van der Waals surface area contributed by atoms with Crippen molar-refractivity contribution < 1.29 is 24.8 Å². The van der Waals surface area contributed by atoms with Gasteiger partial charge in [0.15, 0.2) is 28.4 Å². The average molecular weight is 462 g/mol. The van der Waals surface area contributed by atoms with Gasteiger partial charge in [-0.2, -0.15) is 0 Å². The van der Waals surface area contributed by atoms with Gasteiger partial charge in [-0.05, 0) is 29.9 Å². The first-order chi connectivity index (χ1) is 15.5. The largest absolute Gasteiger partial charge is 0.497 e. The van der Waals surface area contributed by atoms with Crippen LogP contribution in [0.3, 0.4) is 0 Å². The van der Waals surface area contributed by atoms with E-state index in [0.717, 1.165) is 23.5 Å². The fourth-order valence-corrected chi connectivity index (χ4v) is 4.19. The van der Waals surface area contributed by atoms with Crippen molar-refractivity contribution in [2.75, 3.05) is 31.3 Å². The number of aliphatic hydroxyl groups is 3. The van der Waals surface area contributed by atoms with Crippen LogP contribution in [0.15, 0.2) is 35.7 Å². The summed E-state index contributed by atoms with van der Waals surface area (Å²) in [4.78, 5) is 13.6. The second-order valence-corrected chi connectivity index (χ2v) is 8.60. The van der Waals surface area contributed by atoms with Crippen LogP contribution in [-0.4, -0.2) is 79.2 Å². The molecule has 172 valence electrons.